The fraction of sp³-hybridized carbons (Fsp3) is 0.0732. The third-order valence-electron chi connectivity index (χ3n) is 8.48. The minimum atomic E-state index is 0.338. The van der Waals surface area contributed by atoms with Crippen LogP contribution in [0, 0.1) is 0 Å². The molecule has 10 rings (SSSR count). The first kappa shape index (κ1) is 30.5. The van der Waals surface area contributed by atoms with E-state index in [-0.39, 0.29) is 0 Å². The summed E-state index contributed by atoms with van der Waals surface area (Å²) >= 11 is 0. The van der Waals surface area contributed by atoms with Gasteiger partial charge in [-0.2, -0.15) is 0 Å². The number of benzene rings is 4. The van der Waals surface area contributed by atoms with E-state index in [1.165, 1.54) is 0 Å². The summed E-state index contributed by atoms with van der Waals surface area (Å²) in [5, 5.41) is 0. The summed E-state index contributed by atoms with van der Waals surface area (Å²) in [6, 6.07) is 37.4. The predicted octanol–water partition coefficient (Wildman–Crippen LogP) is 9.56. The summed E-state index contributed by atoms with van der Waals surface area (Å²) in [4.78, 5) is 28.2. The number of fused-ring (bicyclic) bond motifs is 4. The van der Waals surface area contributed by atoms with Gasteiger partial charge in [0.1, 0.15) is 56.3 Å². The summed E-state index contributed by atoms with van der Waals surface area (Å²) < 4.78 is 36.7. The minimum Gasteiger partial charge on any atom is -0.493 e. The lowest BCUT2D eigenvalue weighted by Crippen LogP contribution is -2.06. The van der Waals surface area contributed by atoms with E-state index in [2.05, 4.69) is 19.9 Å². The van der Waals surface area contributed by atoms with Crippen LogP contribution in [0.1, 0.15) is 6.42 Å². The van der Waals surface area contributed by atoms with Crippen molar-refractivity contribution in [2.45, 2.75) is 6.42 Å². The fourth-order valence-electron chi connectivity index (χ4n) is 5.98. The average Bonchev–Trinajstić information content (AvgIpc) is 4.01. The molecule has 0 N–H and O–H groups in total. The summed E-state index contributed by atoms with van der Waals surface area (Å²) in [6.45, 7) is 0.677. The number of oxazole rings is 4. The molecule has 53 heavy (non-hydrogen) atoms. The van der Waals surface area contributed by atoms with E-state index in [0.29, 0.717) is 99.8 Å². The highest BCUT2D eigenvalue weighted by molar-refractivity contribution is 5.79. The summed E-state index contributed by atoms with van der Waals surface area (Å²) in [5.74, 6) is 2.54. The normalized spacial score (nSPS) is 11.6. The third kappa shape index (κ3) is 5.97. The number of pyridine rings is 2. The second-order valence-corrected chi connectivity index (χ2v) is 12.1. The van der Waals surface area contributed by atoms with Crippen molar-refractivity contribution in [3.63, 3.8) is 0 Å². The molecule has 0 saturated heterocycles. The Labute approximate surface area is 299 Å². The van der Waals surface area contributed by atoms with Crippen molar-refractivity contribution in [2.75, 3.05) is 13.2 Å². The Morgan fingerprint density at radius 2 is 0.642 bits per heavy atom. The van der Waals surface area contributed by atoms with E-state index in [0.717, 1.165) is 22.1 Å². The maximum Gasteiger partial charge on any atom is 0.246 e. The Hall–Kier alpha value is -7.34. The zero-order valence-corrected chi connectivity index (χ0v) is 27.8. The molecule has 0 spiro atoms. The molecule has 0 aliphatic rings. The molecule has 4 aromatic carbocycles. The number of ether oxygens (including phenoxy) is 2. The number of aromatic nitrogens is 6. The van der Waals surface area contributed by atoms with Crippen LogP contribution in [0.5, 0.6) is 11.5 Å². The molecule has 6 aromatic heterocycles. The Morgan fingerprint density at radius 1 is 0.358 bits per heavy atom. The fourth-order valence-corrected chi connectivity index (χ4v) is 5.98. The number of rotatable bonds is 10. The van der Waals surface area contributed by atoms with Crippen molar-refractivity contribution in [1.82, 2.24) is 29.9 Å². The molecular formula is C41H26N6O6. The van der Waals surface area contributed by atoms with Crippen LogP contribution < -0.4 is 9.47 Å². The van der Waals surface area contributed by atoms with Gasteiger partial charge in [0, 0.05) is 30.7 Å². The van der Waals surface area contributed by atoms with Gasteiger partial charge in [0.15, 0.2) is 22.3 Å². The second kappa shape index (κ2) is 12.8. The number of hydrogen-bond donors (Lipinski definition) is 0. The third-order valence-corrected chi connectivity index (χ3v) is 8.48. The van der Waals surface area contributed by atoms with Crippen molar-refractivity contribution < 1.29 is 27.1 Å². The lowest BCUT2D eigenvalue weighted by molar-refractivity contribution is 0.247. The summed E-state index contributed by atoms with van der Waals surface area (Å²) in [5.41, 5.74) is 7.50. The maximum atomic E-state index is 6.25. The molecule has 0 aliphatic heterocycles. The van der Waals surface area contributed by atoms with Gasteiger partial charge in [-0.15, -0.1) is 0 Å². The second-order valence-electron chi connectivity index (χ2n) is 12.1. The van der Waals surface area contributed by atoms with E-state index in [4.69, 9.17) is 37.1 Å². The molecule has 0 bridgehead atoms. The minimum absolute atomic E-state index is 0.338. The van der Waals surface area contributed by atoms with Crippen LogP contribution >= 0.6 is 0 Å². The van der Waals surface area contributed by atoms with E-state index in [1.807, 2.05) is 97.1 Å². The number of para-hydroxylation sites is 8. The molecule has 0 amide bonds. The van der Waals surface area contributed by atoms with E-state index >= 15 is 0 Å². The quantitative estimate of drug-likeness (QED) is 0.125. The van der Waals surface area contributed by atoms with Crippen molar-refractivity contribution in [1.29, 1.82) is 0 Å². The highest BCUT2D eigenvalue weighted by atomic mass is 16.5. The van der Waals surface area contributed by atoms with Gasteiger partial charge in [0.25, 0.3) is 0 Å². The molecule has 0 aliphatic carbocycles. The van der Waals surface area contributed by atoms with Crippen molar-refractivity contribution in [3.8, 4) is 57.8 Å². The van der Waals surface area contributed by atoms with Crippen LogP contribution in [-0.4, -0.2) is 43.1 Å². The van der Waals surface area contributed by atoms with Crippen LogP contribution in [0.15, 0.2) is 139 Å². The van der Waals surface area contributed by atoms with Crippen LogP contribution in [0.25, 0.3) is 90.7 Å². The van der Waals surface area contributed by atoms with Crippen molar-refractivity contribution in [3.05, 3.63) is 121 Å². The zero-order chi connectivity index (χ0) is 35.1. The first-order valence-corrected chi connectivity index (χ1v) is 16.9. The molecule has 0 atom stereocenters. The molecule has 12 nitrogen and oxygen atoms in total. The molecular weight excluding hydrogens is 672 g/mol. The molecule has 0 saturated carbocycles. The molecule has 0 unspecified atom stereocenters. The van der Waals surface area contributed by atoms with Gasteiger partial charge >= 0.3 is 0 Å². The Bertz CT molecular complexity index is 2410. The SMILES string of the molecule is c1ccc2oc(-c3cc(OCCCOc4cc(-c5nc6ccccc6o5)nc(-c5nc6ccccc6o5)c4)cc(-c4nc5ccccc5o4)n3)nc2c1. The Kier molecular flexibility index (Phi) is 7.34. The number of nitrogens with zero attached hydrogens (tertiary/aromatic N) is 6. The number of hydrogen-bond acceptors (Lipinski definition) is 12. The predicted molar refractivity (Wildman–Crippen MR) is 196 cm³/mol. The first-order chi connectivity index (χ1) is 26.2. The molecule has 0 fully saturated rings. The van der Waals surface area contributed by atoms with Crippen molar-refractivity contribution >= 4 is 44.4 Å². The zero-order valence-electron chi connectivity index (χ0n) is 27.8. The van der Waals surface area contributed by atoms with Gasteiger partial charge in [0.05, 0.1) is 13.2 Å². The lowest BCUT2D eigenvalue weighted by Gasteiger charge is -2.10. The highest BCUT2D eigenvalue weighted by Gasteiger charge is 2.19. The molecule has 256 valence electrons. The largest absolute Gasteiger partial charge is 0.493 e. The highest BCUT2D eigenvalue weighted by Crippen LogP contribution is 2.33. The van der Waals surface area contributed by atoms with Crippen LogP contribution in [0.4, 0.5) is 0 Å². The molecule has 12 heteroatoms. The van der Waals surface area contributed by atoms with Gasteiger partial charge in [-0.1, -0.05) is 48.5 Å². The maximum absolute atomic E-state index is 6.25. The first-order valence-electron chi connectivity index (χ1n) is 16.9. The monoisotopic (exact) mass is 698 g/mol. The average molecular weight is 699 g/mol. The topological polar surface area (TPSA) is 148 Å². The standard InChI is InChI=1S/C41H26N6O6/c1-5-14-34-26(10-1)44-38(50-34)30-20-24(21-31(42-30)39-45-27-11-2-6-15-35(27)51-39)48-18-9-19-49-25-22-32(40-46-28-12-3-7-16-36(28)52-40)43-33(23-25)41-47-29-13-4-8-17-37(29)53-41/h1-8,10-17,20-23H,9,18-19H2. The van der Waals surface area contributed by atoms with Gasteiger partial charge in [0.2, 0.25) is 23.6 Å². The summed E-state index contributed by atoms with van der Waals surface area (Å²) in [7, 11) is 0. The van der Waals surface area contributed by atoms with E-state index < -0.39 is 0 Å². The van der Waals surface area contributed by atoms with Gasteiger partial charge in [-0.05, 0) is 48.5 Å². The van der Waals surface area contributed by atoms with Crippen molar-refractivity contribution in [2.24, 2.45) is 0 Å². The van der Waals surface area contributed by atoms with E-state index in [1.54, 1.807) is 24.3 Å². The van der Waals surface area contributed by atoms with Crippen LogP contribution in [0.3, 0.4) is 0 Å². The molecule has 10 aromatic rings. The summed E-state index contributed by atoms with van der Waals surface area (Å²) in [6.07, 6.45) is 0.553. The van der Waals surface area contributed by atoms with E-state index in [9.17, 15) is 0 Å². The van der Waals surface area contributed by atoms with Gasteiger partial charge in [-0.3, -0.25) is 0 Å². The van der Waals surface area contributed by atoms with Gasteiger partial charge in [-0.25, -0.2) is 29.9 Å². The molecule has 6 heterocycles. The van der Waals surface area contributed by atoms with Crippen LogP contribution in [-0.2, 0) is 0 Å². The molecule has 0 radical (unpaired) electrons. The van der Waals surface area contributed by atoms with Gasteiger partial charge < -0.3 is 27.1 Å². The Balaban J connectivity index is 0.905. The van der Waals surface area contributed by atoms with Crippen LogP contribution in [0.2, 0.25) is 0 Å². The lowest BCUT2D eigenvalue weighted by atomic mass is 10.2. The Morgan fingerprint density at radius 3 is 0.925 bits per heavy atom. The smallest absolute Gasteiger partial charge is 0.246 e.